The lowest BCUT2D eigenvalue weighted by molar-refractivity contribution is 0.0673. The first-order valence-corrected chi connectivity index (χ1v) is 6.79. The first-order valence-electron chi connectivity index (χ1n) is 6.79. The van der Waals surface area contributed by atoms with Crippen molar-refractivity contribution in [2.75, 3.05) is 32.8 Å². The third-order valence-corrected chi connectivity index (χ3v) is 3.16. The average Bonchev–Trinajstić information content (AvgIpc) is 2.48. The summed E-state index contributed by atoms with van der Waals surface area (Å²) < 4.78 is 5.65. The molecule has 0 saturated carbocycles. The molecule has 1 saturated heterocycles. The van der Waals surface area contributed by atoms with Crippen LogP contribution in [0.4, 0.5) is 0 Å². The molecule has 96 valence electrons. The zero-order valence-electron chi connectivity index (χ0n) is 11.2. The molecule has 1 heterocycles. The summed E-state index contributed by atoms with van der Waals surface area (Å²) in [5.74, 6) is 0. The maximum Gasteiger partial charge on any atom is 0.0673 e. The Hall–Kier alpha value is -0.120. The van der Waals surface area contributed by atoms with Crippen molar-refractivity contribution in [3.05, 3.63) is 0 Å². The molecule has 3 nitrogen and oxygen atoms in total. The Morgan fingerprint density at radius 2 is 2.31 bits per heavy atom. The maximum atomic E-state index is 5.65. The first kappa shape index (κ1) is 13.9. The van der Waals surface area contributed by atoms with Gasteiger partial charge in [0, 0.05) is 25.7 Å². The average molecular weight is 228 g/mol. The second-order valence-electron chi connectivity index (χ2n) is 4.98. The molecule has 0 radical (unpaired) electrons. The number of hydrogen-bond donors (Lipinski definition) is 1. The van der Waals surface area contributed by atoms with Gasteiger partial charge in [-0.15, -0.1) is 0 Å². The molecule has 16 heavy (non-hydrogen) atoms. The van der Waals surface area contributed by atoms with E-state index in [1.54, 1.807) is 0 Å². The van der Waals surface area contributed by atoms with Crippen LogP contribution in [0.1, 0.15) is 40.0 Å². The second-order valence-corrected chi connectivity index (χ2v) is 4.98. The summed E-state index contributed by atoms with van der Waals surface area (Å²) in [6.45, 7) is 12.2. The van der Waals surface area contributed by atoms with E-state index in [1.807, 2.05) is 0 Å². The second kappa shape index (κ2) is 8.04. The van der Waals surface area contributed by atoms with E-state index < -0.39 is 0 Å². The highest BCUT2D eigenvalue weighted by molar-refractivity contribution is 4.69. The maximum absolute atomic E-state index is 5.65. The molecule has 1 aliphatic rings. The predicted molar refractivity (Wildman–Crippen MR) is 68.8 cm³/mol. The Morgan fingerprint density at radius 3 is 3.06 bits per heavy atom. The van der Waals surface area contributed by atoms with Crippen LogP contribution in [0, 0.1) is 0 Å². The van der Waals surface area contributed by atoms with Gasteiger partial charge >= 0.3 is 0 Å². The fourth-order valence-corrected chi connectivity index (χ4v) is 2.15. The van der Waals surface area contributed by atoms with Crippen molar-refractivity contribution >= 4 is 0 Å². The van der Waals surface area contributed by atoms with Crippen LogP contribution >= 0.6 is 0 Å². The van der Waals surface area contributed by atoms with E-state index in [2.05, 4.69) is 31.0 Å². The summed E-state index contributed by atoms with van der Waals surface area (Å²) in [5, 5.41) is 3.54. The molecule has 0 spiro atoms. The normalized spacial score (nSPS) is 25.3. The van der Waals surface area contributed by atoms with Gasteiger partial charge in [-0.1, -0.05) is 6.92 Å². The molecule has 0 aromatic heterocycles. The van der Waals surface area contributed by atoms with Crippen molar-refractivity contribution in [3.8, 4) is 0 Å². The van der Waals surface area contributed by atoms with Crippen molar-refractivity contribution in [1.82, 2.24) is 10.2 Å². The van der Waals surface area contributed by atoms with Gasteiger partial charge in [0.2, 0.25) is 0 Å². The molecule has 0 amide bonds. The van der Waals surface area contributed by atoms with Crippen LogP contribution in [0.3, 0.4) is 0 Å². The number of nitrogens with one attached hydrogen (secondary N) is 1. The summed E-state index contributed by atoms with van der Waals surface area (Å²) in [7, 11) is 0. The molecular formula is C13H28N2O. The number of rotatable bonds is 6. The van der Waals surface area contributed by atoms with Gasteiger partial charge in [0.25, 0.3) is 0 Å². The Bertz CT molecular complexity index is 175. The van der Waals surface area contributed by atoms with Crippen LogP contribution in [-0.2, 0) is 4.74 Å². The van der Waals surface area contributed by atoms with E-state index in [1.165, 1.54) is 32.4 Å². The van der Waals surface area contributed by atoms with Crippen molar-refractivity contribution < 1.29 is 4.74 Å². The zero-order chi connectivity index (χ0) is 11.8. The van der Waals surface area contributed by atoms with Crippen molar-refractivity contribution in [3.63, 3.8) is 0 Å². The topological polar surface area (TPSA) is 24.5 Å². The van der Waals surface area contributed by atoms with Crippen molar-refractivity contribution in [2.45, 2.75) is 52.2 Å². The molecule has 3 heteroatoms. The third kappa shape index (κ3) is 5.83. The molecule has 1 fully saturated rings. The monoisotopic (exact) mass is 228 g/mol. The minimum atomic E-state index is 0.404. The van der Waals surface area contributed by atoms with Gasteiger partial charge in [-0.25, -0.2) is 0 Å². The standard InChI is InChI=1S/C13H28N2O/c1-4-7-14-12(2)6-9-15-8-5-10-16-13(3)11-15/h12-14H,4-11H2,1-3H3. The Balaban J connectivity index is 2.14. The molecule has 2 unspecified atom stereocenters. The van der Waals surface area contributed by atoms with Gasteiger partial charge in [0.05, 0.1) is 6.10 Å². The van der Waals surface area contributed by atoms with Crippen LogP contribution in [-0.4, -0.2) is 49.8 Å². The lowest BCUT2D eigenvalue weighted by atomic mass is 10.2. The molecule has 2 atom stereocenters. The molecule has 0 aromatic rings. The van der Waals surface area contributed by atoms with E-state index in [4.69, 9.17) is 4.74 Å². The van der Waals surface area contributed by atoms with E-state index in [0.29, 0.717) is 12.1 Å². The summed E-state index contributed by atoms with van der Waals surface area (Å²) >= 11 is 0. The summed E-state index contributed by atoms with van der Waals surface area (Å²) in [4.78, 5) is 2.54. The largest absolute Gasteiger partial charge is 0.377 e. The lowest BCUT2D eigenvalue weighted by Crippen LogP contribution is -2.35. The van der Waals surface area contributed by atoms with Crippen LogP contribution in [0.2, 0.25) is 0 Å². The number of nitrogens with zero attached hydrogens (tertiary/aromatic N) is 1. The SMILES string of the molecule is CCCNC(C)CCN1CCCOC(C)C1. The van der Waals surface area contributed by atoms with Gasteiger partial charge < -0.3 is 15.0 Å². The number of hydrogen-bond acceptors (Lipinski definition) is 3. The van der Waals surface area contributed by atoms with E-state index >= 15 is 0 Å². The highest BCUT2D eigenvalue weighted by Gasteiger charge is 2.15. The minimum Gasteiger partial charge on any atom is -0.377 e. The number of ether oxygens (including phenoxy) is 1. The predicted octanol–water partition coefficient (Wildman–Crippen LogP) is 1.88. The van der Waals surface area contributed by atoms with Crippen LogP contribution < -0.4 is 5.32 Å². The molecule has 1 rings (SSSR count). The van der Waals surface area contributed by atoms with Crippen LogP contribution in [0.5, 0.6) is 0 Å². The van der Waals surface area contributed by atoms with Gasteiger partial charge in [0.15, 0.2) is 0 Å². The van der Waals surface area contributed by atoms with Crippen LogP contribution in [0.15, 0.2) is 0 Å². The smallest absolute Gasteiger partial charge is 0.0673 e. The van der Waals surface area contributed by atoms with Crippen molar-refractivity contribution in [1.29, 1.82) is 0 Å². The zero-order valence-corrected chi connectivity index (χ0v) is 11.2. The molecule has 0 aromatic carbocycles. The van der Waals surface area contributed by atoms with Gasteiger partial charge in [-0.2, -0.15) is 0 Å². The van der Waals surface area contributed by atoms with E-state index in [9.17, 15) is 0 Å². The molecule has 0 bridgehead atoms. The van der Waals surface area contributed by atoms with E-state index in [-0.39, 0.29) is 0 Å². The summed E-state index contributed by atoms with van der Waals surface area (Å²) in [6.07, 6.45) is 4.05. The molecular weight excluding hydrogens is 200 g/mol. The molecule has 1 aliphatic heterocycles. The third-order valence-electron chi connectivity index (χ3n) is 3.16. The summed E-state index contributed by atoms with van der Waals surface area (Å²) in [5.41, 5.74) is 0. The van der Waals surface area contributed by atoms with Gasteiger partial charge in [-0.3, -0.25) is 0 Å². The highest BCUT2D eigenvalue weighted by Crippen LogP contribution is 2.06. The highest BCUT2D eigenvalue weighted by atomic mass is 16.5. The van der Waals surface area contributed by atoms with Crippen molar-refractivity contribution in [2.24, 2.45) is 0 Å². The molecule has 1 N–H and O–H groups in total. The summed E-state index contributed by atoms with van der Waals surface area (Å²) in [6, 6.07) is 0.638. The quantitative estimate of drug-likeness (QED) is 0.751. The first-order chi connectivity index (χ1) is 7.72. The van der Waals surface area contributed by atoms with Gasteiger partial charge in [0.1, 0.15) is 0 Å². The Morgan fingerprint density at radius 1 is 1.50 bits per heavy atom. The minimum absolute atomic E-state index is 0.404. The lowest BCUT2D eigenvalue weighted by Gasteiger charge is -2.23. The molecule has 0 aliphatic carbocycles. The van der Waals surface area contributed by atoms with Crippen LogP contribution in [0.25, 0.3) is 0 Å². The van der Waals surface area contributed by atoms with Gasteiger partial charge in [-0.05, 0) is 46.2 Å². The van der Waals surface area contributed by atoms with E-state index in [0.717, 1.165) is 19.7 Å². The Kier molecular flexibility index (Phi) is 7.01. The Labute approximate surface area is 101 Å². The fourth-order valence-electron chi connectivity index (χ4n) is 2.15. The fraction of sp³-hybridized carbons (Fsp3) is 1.00.